The van der Waals surface area contributed by atoms with Crippen LogP contribution >= 0.6 is 0 Å². The molecule has 0 saturated heterocycles. The zero-order chi connectivity index (χ0) is 9.73. The molecule has 2 nitrogen and oxygen atoms in total. The lowest BCUT2D eigenvalue weighted by atomic mass is 9.80. The van der Waals surface area contributed by atoms with Crippen LogP contribution in [0.15, 0.2) is 0 Å². The monoisotopic (exact) mass is 181 g/mol. The van der Waals surface area contributed by atoms with Crippen LogP contribution in [-0.2, 0) is 4.74 Å². The van der Waals surface area contributed by atoms with Gasteiger partial charge in [0.25, 0.3) is 0 Å². The van der Waals surface area contributed by atoms with Gasteiger partial charge in [0.1, 0.15) is 0 Å². The number of ether oxygens (including phenoxy) is 1. The summed E-state index contributed by atoms with van der Waals surface area (Å²) in [6, 6.07) is 0.202. The minimum atomic E-state index is 0.0876. The molecule has 2 heteroatoms. The van der Waals surface area contributed by atoms with E-state index >= 15 is 0 Å². The Hall–Kier alpha value is -0.520. The van der Waals surface area contributed by atoms with Gasteiger partial charge in [-0.05, 0) is 25.7 Å². The Morgan fingerprint density at radius 2 is 2.31 bits per heavy atom. The van der Waals surface area contributed by atoms with Crippen LogP contribution in [0.2, 0.25) is 0 Å². The molecule has 0 bridgehead atoms. The second kappa shape index (κ2) is 4.64. The fraction of sp³-hybridized carbons (Fsp3) is 0.818. The molecule has 0 aliphatic heterocycles. The van der Waals surface area contributed by atoms with Crippen molar-refractivity contribution >= 4 is 0 Å². The highest BCUT2D eigenvalue weighted by Gasteiger charge is 2.36. The maximum absolute atomic E-state index is 5.48. The first-order chi connectivity index (χ1) is 6.26. The minimum absolute atomic E-state index is 0.0876. The zero-order valence-electron chi connectivity index (χ0n) is 8.60. The zero-order valence-corrected chi connectivity index (χ0v) is 8.60. The molecule has 1 aliphatic rings. The Morgan fingerprint density at radius 1 is 1.62 bits per heavy atom. The molecule has 0 radical (unpaired) electrons. The van der Waals surface area contributed by atoms with Crippen molar-refractivity contribution in [1.29, 1.82) is 0 Å². The third-order valence-corrected chi connectivity index (χ3v) is 2.98. The number of rotatable bonds is 5. The number of terminal acetylenes is 1. The molecule has 0 aromatic carbocycles. The van der Waals surface area contributed by atoms with Gasteiger partial charge in [-0.1, -0.05) is 12.8 Å². The predicted molar refractivity (Wildman–Crippen MR) is 54.5 cm³/mol. The summed E-state index contributed by atoms with van der Waals surface area (Å²) >= 11 is 0. The van der Waals surface area contributed by atoms with Gasteiger partial charge in [0.2, 0.25) is 0 Å². The van der Waals surface area contributed by atoms with Gasteiger partial charge in [-0.2, -0.15) is 0 Å². The number of hydrogen-bond acceptors (Lipinski definition) is 2. The highest BCUT2D eigenvalue weighted by atomic mass is 16.5. The average Bonchev–Trinajstić information content (AvgIpc) is 2.10. The second-order valence-corrected chi connectivity index (χ2v) is 3.75. The van der Waals surface area contributed by atoms with E-state index in [1.54, 1.807) is 7.11 Å². The second-order valence-electron chi connectivity index (χ2n) is 3.75. The summed E-state index contributed by atoms with van der Waals surface area (Å²) < 4.78 is 5.48. The lowest BCUT2D eigenvalue weighted by Crippen LogP contribution is -2.50. The lowest BCUT2D eigenvalue weighted by Gasteiger charge is -2.41. The molecule has 0 aromatic heterocycles. The third kappa shape index (κ3) is 2.46. The molecule has 0 heterocycles. The Balaban J connectivity index is 2.28. The largest absolute Gasteiger partial charge is 0.377 e. The highest BCUT2D eigenvalue weighted by Crippen LogP contribution is 2.34. The van der Waals surface area contributed by atoms with Crippen molar-refractivity contribution in [3.05, 3.63) is 0 Å². The van der Waals surface area contributed by atoms with Crippen LogP contribution in [0.1, 0.15) is 32.6 Å². The number of nitrogens with one attached hydrogen (secondary N) is 1. The molecule has 0 amide bonds. The maximum Gasteiger partial charge on any atom is 0.0802 e. The van der Waals surface area contributed by atoms with Gasteiger partial charge in [0.15, 0.2) is 0 Å². The molecular formula is C11H19NO. The standard InChI is InChI=1S/C11H19NO/c1-4-10(5-2)12-9-11(13-3)7-6-8-11/h1,10,12H,5-9H2,2-3H3. The quantitative estimate of drug-likeness (QED) is 0.650. The average molecular weight is 181 g/mol. The molecule has 1 aliphatic carbocycles. The van der Waals surface area contributed by atoms with Crippen molar-refractivity contribution in [2.24, 2.45) is 0 Å². The van der Waals surface area contributed by atoms with E-state index in [1.165, 1.54) is 6.42 Å². The predicted octanol–water partition coefficient (Wildman–Crippen LogP) is 1.56. The van der Waals surface area contributed by atoms with E-state index in [9.17, 15) is 0 Å². The van der Waals surface area contributed by atoms with E-state index in [0.717, 1.165) is 25.8 Å². The molecule has 1 fully saturated rings. The molecule has 1 atom stereocenters. The van der Waals surface area contributed by atoms with Gasteiger partial charge in [-0.3, -0.25) is 0 Å². The van der Waals surface area contributed by atoms with Crippen LogP contribution in [0.3, 0.4) is 0 Å². The molecule has 1 rings (SSSR count). The molecule has 13 heavy (non-hydrogen) atoms. The van der Waals surface area contributed by atoms with Crippen LogP contribution in [-0.4, -0.2) is 25.3 Å². The van der Waals surface area contributed by atoms with E-state index in [4.69, 9.17) is 11.2 Å². The first kappa shape index (κ1) is 10.6. The summed E-state index contributed by atoms with van der Waals surface area (Å²) in [6.45, 7) is 2.99. The first-order valence-electron chi connectivity index (χ1n) is 5.01. The molecule has 1 N–H and O–H groups in total. The lowest BCUT2D eigenvalue weighted by molar-refractivity contribution is -0.0700. The number of hydrogen-bond donors (Lipinski definition) is 1. The van der Waals surface area contributed by atoms with Crippen LogP contribution in [0.25, 0.3) is 0 Å². The Kier molecular flexibility index (Phi) is 3.77. The summed E-state index contributed by atoms with van der Waals surface area (Å²) in [5.41, 5.74) is 0.0876. The minimum Gasteiger partial charge on any atom is -0.377 e. The Labute approximate surface area is 81.0 Å². The third-order valence-electron chi connectivity index (χ3n) is 2.98. The molecule has 74 valence electrons. The summed E-state index contributed by atoms with van der Waals surface area (Å²) in [7, 11) is 1.79. The van der Waals surface area contributed by atoms with Crippen LogP contribution in [0.4, 0.5) is 0 Å². The molecule has 0 spiro atoms. The SMILES string of the molecule is C#CC(CC)NCC1(OC)CCC1. The summed E-state index contributed by atoms with van der Waals surface area (Å²) in [6.07, 6.45) is 9.95. The fourth-order valence-corrected chi connectivity index (χ4v) is 1.65. The molecule has 0 aromatic rings. The smallest absolute Gasteiger partial charge is 0.0802 e. The Bertz CT molecular complexity index is 185. The van der Waals surface area contributed by atoms with Crippen molar-refractivity contribution in [2.45, 2.75) is 44.2 Å². The fourth-order valence-electron chi connectivity index (χ4n) is 1.65. The van der Waals surface area contributed by atoms with Crippen molar-refractivity contribution in [1.82, 2.24) is 5.32 Å². The normalized spacial score (nSPS) is 21.6. The van der Waals surface area contributed by atoms with E-state index < -0.39 is 0 Å². The summed E-state index contributed by atoms with van der Waals surface area (Å²) in [4.78, 5) is 0. The van der Waals surface area contributed by atoms with Gasteiger partial charge in [-0.25, -0.2) is 0 Å². The van der Waals surface area contributed by atoms with Crippen molar-refractivity contribution in [3.8, 4) is 12.3 Å². The first-order valence-corrected chi connectivity index (χ1v) is 5.01. The highest BCUT2D eigenvalue weighted by molar-refractivity contribution is 5.00. The molecule has 1 saturated carbocycles. The van der Waals surface area contributed by atoms with Crippen LogP contribution in [0.5, 0.6) is 0 Å². The Morgan fingerprint density at radius 3 is 2.62 bits per heavy atom. The number of methoxy groups -OCH3 is 1. The van der Waals surface area contributed by atoms with Gasteiger partial charge >= 0.3 is 0 Å². The maximum atomic E-state index is 5.48. The van der Waals surface area contributed by atoms with Gasteiger partial charge in [0, 0.05) is 13.7 Å². The van der Waals surface area contributed by atoms with Crippen molar-refractivity contribution < 1.29 is 4.74 Å². The van der Waals surface area contributed by atoms with Crippen molar-refractivity contribution in [2.75, 3.05) is 13.7 Å². The molecular weight excluding hydrogens is 162 g/mol. The van der Waals surface area contributed by atoms with Gasteiger partial charge in [-0.15, -0.1) is 6.42 Å². The summed E-state index contributed by atoms with van der Waals surface area (Å²) in [5.74, 6) is 2.73. The van der Waals surface area contributed by atoms with E-state index in [1.807, 2.05) is 0 Å². The van der Waals surface area contributed by atoms with Gasteiger partial charge < -0.3 is 10.1 Å². The van der Waals surface area contributed by atoms with E-state index in [0.29, 0.717) is 0 Å². The summed E-state index contributed by atoms with van der Waals surface area (Å²) in [5, 5.41) is 3.35. The topological polar surface area (TPSA) is 21.3 Å². The van der Waals surface area contributed by atoms with Gasteiger partial charge in [0.05, 0.1) is 11.6 Å². The van der Waals surface area contributed by atoms with Crippen LogP contribution in [0, 0.1) is 12.3 Å². The van der Waals surface area contributed by atoms with E-state index in [-0.39, 0.29) is 11.6 Å². The molecule has 1 unspecified atom stereocenters. The van der Waals surface area contributed by atoms with Crippen molar-refractivity contribution in [3.63, 3.8) is 0 Å². The van der Waals surface area contributed by atoms with Crippen LogP contribution < -0.4 is 5.32 Å². The van der Waals surface area contributed by atoms with E-state index in [2.05, 4.69) is 18.2 Å².